The Hall–Kier alpha value is -2.30. The van der Waals surface area contributed by atoms with Crippen LogP contribution in [0.5, 0.6) is 5.75 Å². The molecule has 1 fully saturated rings. The van der Waals surface area contributed by atoms with Crippen molar-refractivity contribution in [2.75, 3.05) is 6.61 Å². The molecule has 0 N–H and O–H groups in total. The van der Waals surface area contributed by atoms with E-state index in [0.29, 0.717) is 42.1 Å². The lowest BCUT2D eigenvalue weighted by atomic mass is 9.78. The highest BCUT2D eigenvalue weighted by molar-refractivity contribution is 5.31. The topological polar surface area (TPSA) is 9.23 Å². The van der Waals surface area contributed by atoms with Gasteiger partial charge in [0, 0.05) is 0 Å². The molecule has 0 amide bonds. The highest BCUT2D eigenvalue weighted by Gasteiger charge is 2.25. The normalized spacial score (nSPS) is 19.2. The lowest BCUT2D eigenvalue weighted by Gasteiger charge is -2.27. The Morgan fingerprint density at radius 2 is 1.65 bits per heavy atom. The SMILES string of the molecule is CCCOc1ccc(CC/C=C/C2CCC(c3ccc(C)c(F)c3F)CC2)c(F)c1F. The number of rotatable bonds is 8. The first-order valence-electron chi connectivity index (χ1n) is 11.1. The molecule has 1 nitrogen and oxygen atoms in total. The summed E-state index contributed by atoms with van der Waals surface area (Å²) in [6, 6.07) is 6.42. The lowest BCUT2D eigenvalue weighted by Crippen LogP contribution is -2.13. The molecule has 0 heterocycles. The number of hydrogen-bond donors (Lipinski definition) is 0. The van der Waals surface area contributed by atoms with Gasteiger partial charge in [0.25, 0.3) is 0 Å². The Morgan fingerprint density at radius 1 is 0.903 bits per heavy atom. The van der Waals surface area contributed by atoms with Crippen LogP contribution in [-0.4, -0.2) is 6.61 Å². The summed E-state index contributed by atoms with van der Waals surface area (Å²) >= 11 is 0. The molecule has 2 aromatic rings. The summed E-state index contributed by atoms with van der Waals surface area (Å²) in [6.45, 7) is 3.83. The van der Waals surface area contributed by atoms with Crippen LogP contribution in [0.3, 0.4) is 0 Å². The number of benzene rings is 2. The van der Waals surface area contributed by atoms with Crippen LogP contribution in [0.2, 0.25) is 0 Å². The number of hydrogen-bond acceptors (Lipinski definition) is 1. The van der Waals surface area contributed by atoms with Crippen molar-refractivity contribution >= 4 is 0 Å². The minimum atomic E-state index is -0.923. The van der Waals surface area contributed by atoms with Gasteiger partial charge in [-0.2, -0.15) is 4.39 Å². The second-order valence-corrected chi connectivity index (χ2v) is 8.38. The molecule has 0 bridgehead atoms. The number of aryl methyl sites for hydroxylation is 2. The molecule has 0 atom stereocenters. The van der Waals surface area contributed by atoms with Crippen molar-refractivity contribution in [2.24, 2.45) is 5.92 Å². The van der Waals surface area contributed by atoms with Crippen molar-refractivity contribution in [3.63, 3.8) is 0 Å². The average Bonchev–Trinajstić information content (AvgIpc) is 2.78. The Balaban J connectivity index is 1.49. The summed E-state index contributed by atoms with van der Waals surface area (Å²) in [4.78, 5) is 0. The Labute approximate surface area is 182 Å². The van der Waals surface area contributed by atoms with Crippen LogP contribution < -0.4 is 4.74 Å². The molecule has 0 aromatic heterocycles. The van der Waals surface area contributed by atoms with Crippen molar-refractivity contribution in [2.45, 2.75) is 64.7 Å². The van der Waals surface area contributed by atoms with Crippen molar-refractivity contribution in [3.8, 4) is 5.75 Å². The van der Waals surface area contributed by atoms with E-state index in [9.17, 15) is 17.6 Å². The summed E-state index contributed by atoms with van der Waals surface area (Å²) in [5, 5.41) is 0. The van der Waals surface area contributed by atoms with E-state index in [2.05, 4.69) is 6.08 Å². The molecule has 0 radical (unpaired) electrons. The van der Waals surface area contributed by atoms with E-state index in [-0.39, 0.29) is 11.7 Å². The average molecular weight is 435 g/mol. The van der Waals surface area contributed by atoms with Gasteiger partial charge in [-0.15, -0.1) is 0 Å². The number of allylic oxidation sites excluding steroid dienone is 2. The molecule has 168 valence electrons. The molecule has 5 heteroatoms. The zero-order chi connectivity index (χ0) is 22.4. The second kappa shape index (κ2) is 10.8. The summed E-state index contributed by atoms with van der Waals surface area (Å²) in [5.41, 5.74) is 1.15. The van der Waals surface area contributed by atoms with Gasteiger partial charge in [-0.25, -0.2) is 13.2 Å². The summed E-state index contributed by atoms with van der Waals surface area (Å²) in [5.74, 6) is -2.83. The molecule has 0 spiro atoms. The number of halogens is 4. The quantitative estimate of drug-likeness (QED) is 0.304. The highest BCUT2D eigenvalue weighted by Crippen LogP contribution is 2.38. The molecule has 2 aromatic carbocycles. The zero-order valence-corrected chi connectivity index (χ0v) is 18.2. The van der Waals surface area contributed by atoms with Gasteiger partial charge in [-0.3, -0.25) is 0 Å². The van der Waals surface area contributed by atoms with Gasteiger partial charge in [0.2, 0.25) is 5.82 Å². The predicted octanol–water partition coefficient (Wildman–Crippen LogP) is 7.80. The third kappa shape index (κ3) is 5.69. The molecule has 1 saturated carbocycles. The lowest BCUT2D eigenvalue weighted by molar-refractivity contribution is 0.294. The number of ether oxygens (including phenoxy) is 1. The van der Waals surface area contributed by atoms with Crippen LogP contribution in [0.4, 0.5) is 17.6 Å². The Kier molecular flexibility index (Phi) is 8.16. The maximum Gasteiger partial charge on any atom is 0.200 e. The molecule has 1 aliphatic carbocycles. The van der Waals surface area contributed by atoms with Gasteiger partial charge < -0.3 is 4.74 Å². The van der Waals surface area contributed by atoms with Gasteiger partial charge in [-0.1, -0.05) is 37.3 Å². The standard InChI is InChI=1S/C26H30F4O/c1-3-16-31-22-15-13-20(24(28)26(22)30)7-5-4-6-18-9-11-19(12-10-18)21-14-8-17(2)23(27)25(21)29/h4,6,8,13-15,18-19H,3,5,7,9-12,16H2,1-2H3/b6-4+. The van der Waals surface area contributed by atoms with E-state index in [0.717, 1.165) is 32.1 Å². The second-order valence-electron chi connectivity index (χ2n) is 8.38. The van der Waals surface area contributed by atoms with E-state index < -0.39 is 23.3 Å². The molecular weight excluding hydrogens is 404 g/mol. The van der Waals surface area contributed by atoms with Gasteiger partial charge >= 0.3 is 0 Å². The van der Waals surface area contributed by atoms with Gasteiger partial charge in [-0.05, 0) is 86.5 Å². The maximum atomic E-state index is 14.2. The fourth-order valence-electron chi connectivity index (χ4n) is 4.21. The molecule has 1 aliphatic rings. The first-order chi connectivity index (χ1) is 14.9. The maximum absolute atomic E-state index is 14.2. The zero-order valence-electron chi connectivity index (χ0n) is 18.2. The Morgan fingerprint density at radius 3 is 2.35 bits per heavy atom. The van der Waals surface area contributed by atoms with Crippen molar-refractivity contribution in [3.05, 3.63) is 76.4 Å². The fraction of sp³-hybridized carbons (Fsp3) is 0.462. The minimum Gasteiger partial charge on any atom is -0.490 e. The van der Waals surface area contributed by atoms with Crippen LogP contribution in [0.25, 0.3) is 0 Å². The van der Waals surface area contributed by atoms with Crippen LogP contribution >= 0.6 is 0 Å². The molecular formula is C26H30F4O. The van der Waals surface area contributed by atoms with Crippen LogP contribution in [0.1, 0.15) is 68.1 Å². The monoisotopic (exact) mass is 434 g/mol. The summed E-state index contributed by atoms with van der Waals surface area (Å²) in [6.07, 6.45) is 9.32. The molecule has 3 rings (SSSR count). The smallest absolute Gasteiger partial charge is 0.200 e. The molecule has 0 saturated heterocycles. The predicted molar refractivity (Wildman–Crippen MR) is 115 cm³/mol. The summed E-state index contributed by atoms with van der Waals surface area (Å²) in [7, 11) is 0. The first kappa shape index (κ1) is 23.4. The third-order valence-electron chi connectivity index (χ3n) is 6.09. The van der Waals surface area contributed by atoms with E-state index in [1.165, 1.54) is 6.07 Å². The summed E-state index contributed by atoms with van der Waals surface area (Å²) < 4.78 is 61.6. The van der Waals surface area contributed by atoms with Crippen LogP contribution in [-0.2, 0) is 6.42 Å². The highest BCUT2D eigenvalue weighted by atomic mass is 19.2. The fourth-order valence-corrected chi connectivity index (χ4v) is 4.21. The van der Waals surface area contributed by atoms with Gasteiger partial charge in [0.05, 0.1) is 6.61 Å². The largest absolute Gasteiger partial charge is 0.490 e. The minimum absolute atomic E-state index is 0.0414. The van der Waals surface area contributed by atoms with Crippen LogP contribution in [0, 0.1) is 36.1 Å². The Bertz CT molecular complexity index is 914. The van der Waals surface area contributed by atoms with E-state index in [1.807, 2.05) is 13.0 Å². The van der Waals surface area contributed by atoms with E-state index in [4.69, 9.17) is 4.74 Å². The van der Waals surface area contributed by atoms with Crippen molar-refractivity contribution < 1.29 is 22.3 Å². The van der Waals surface area contributed by atoms with Gasteiger partial charge in [0.15, 0.2) is 23.2 Å². The van der Waals surface area contributed by atoms with Crippen molar-refractivity contribution in [1.82, 2.24) is 0 Å². The molecule has 31 heavy (non-hydrogen) atoms. The van der Waals surface area contributed by atoms with Gasteiger partial charge in [0.1, 0.15) is 0 Å². The first-order valence-corrected chi connectivity index (χ1v) is 11.1. The molecule has 0 unspecified atom stereocenters. The van der Waals surface area contributed by atoms with E-state index >= 15 is 0 Å². The van der Waals surface area contributed by atoms with E-state index in [1.54, 1.807) is 25.1 Å². The molecule has 0 aliphatic heterocycles. The van der Waals surface area contributed by atoms with Crippen molar-refractivity contribution in [1.29, 1.82) is 0 Å². The third-order valence-corrected chi connectivity index (χ3v) is 6.09. The van der Waals surface area contributed by atoms with Crippen LogP contribution in [0.15, 0.2) is 36.4 Å².